The third-order valence-corrected chi connectivity index (χ3v) is 4.05. The van der Waals surface area contributed by atoms with Crippen LogP contribution in [0.15, 0.2) is 18.6 Å². The van der Waals surface area contributed by atoms with Gasteiger partial charge >= 0.3 is 0 Å². The van der Waals surface area contributed by atoms with Crippen molar-refractivity contribution in [1.29, 1.82) is 0 Å². The number of nitrogen functional groups attached to an aromatic ring is 1. The summed E-state index contributed by atoms with van der Waals surface area (Å²) < 4.78 is 1.96. The van der Waals surface area contributed by atoms with Crippen LogP contribution < -0.4 is 16.2 Å². The van der Waals surface area contributed by atoms with Crippen molar-refractivity contribution in [3.05, 3.63) is 18.6 Å². The highest BCUT2D eigenvalue weighted by molar-refractivity contribution is 5.67. The predicted molar refractivity (Wildman–Crippen MR) is 79.7 cm³/mol. The van der Waals surface area contributed by atoms with Gasteiger partial charge in [-0.25, -0.2) is 15.8 Å². The third kappa shape index (κ3) is 2.19. The number of imidazole rings is 1. The van der Waals surface area contributed by atoms with Crippen LogP contribution in [0.4, 0.5) is 11.6 Å². The molecule has 3 heterocycles. The van der Waals surface area contributed by atoms with Crippen molar-refractivity contribution in [2.75, 3.05) is 37.0 Å². The minimum atomic E-state index is 0.551. The summed E-state index contributed by atoms with van der Waals surface area (Å²) in [6.45, 7) is 5.18. The van der Waals surface area contributed by atoms with E-state index in [9.17, 15) is 0 Å². The Morgan fingerprint density at radius 2 is 2.30 bits per heavy atom. The first-order valence-electron chi connectivity index (χ1n) is 6.98. The van der Waals surface area contributed by atoms with E-state index in [-0.39, 0.29) is 0 Å². The minimum Gasteiger partial charge on any atom is -0.351 e. The molecule has 1 atom stereocenters. The van der Waals surface area contributed by atoms with E-state index in [1.54, 1.807) is 6.20 Å². The molecule has 0 spiro atoms. The van der Waals surface area contributed by atoms with Crippen LogP contribution in [-0.4, -0.2) is 52.0 Å². The second-order valence-corrected chi connectivity index (χ2v) is 5.24. The summed E-state index contributed by atoms with van der Waals surface area (Å²) in [4.78, 5) is 13.7. The maximum Gasteiger partial charge on any atom is 0.180 e. The number of nitrogens with two attached hydrogens (primary N) is 1. The summed E-state index contributed by atoms with van der Waals surface area (Å²) in [7, 11) is 2.18. The molecule has 1 saturated heterocycles. The van der Waals surface area contributed by atoms with Gasteiger partial charge < -0.3 is 14.7 Å². The summed E-state index contributed by atoms with van der Waals surface area (Å²) in [5, 5.41) is 0. The third-order valence-electron chi connectivity index (χ3n) is 4.05. The Hall–Kier alpha value is -1.86. The highest BCUT2D eigenvalue weighted by Crippen LogP contribution is 2.23. The molecule has 7 heteroatoms. The van der Waals surface area contributed by atoms with Gasteiger partial charge in [-0.15, -0.1) is 0 Å². The number of likely N-dealkylation sites (N-methyl/N-ethyl adjacent to an activating group) is 1. The maximum absolute atomic E-state index is 5.51. The van der Waals surface area contributed by atoms with Crippen LogP contribution in [0, 0.1) is 0 Å². The largest absolute Gasteiger partial charge is 0.351 e. The van der Waals surface area contributed by atoms with Gasteiger partial charge in [-0.05, 0) is 13.5 Å². The summed E-state index contributed by atoms with van der Waals surface area (Å²) in [6.07, 6.45) is 6.68. The van der Waals surface area contributed by atoms with E-state index in [2.05, 4.69) is 39.2 Å². The molecule has 0 saturated carbocycles. The van der Waals surface area contributed by atoms with Crippen molar-refractivity contribution in [3.63, 3.8) is 0 Å². The molecule has 0 radical (unpaired) electrons. The molecule has 0 aromatic carbocycles. The van der Waals surface area contributed by atoms with Gasteiger partial charge in [0.15, 0.2) is 17.3 Å². The molecule has 7 nitrogen and oxygen atoms in total. The van der Waals surface area contributed by atoms with Crippen molar-refractivity contribution in [3.8, 4) is 0 Å². The van der Waals surface area contributed by atoms with Crippen molar-refractivity contribution in [1.82, 2.24) is 19.3 Å². The second kappa shape index (κ2) is 5.26. The first-order chi connectivity index (χ1) is 9.72. The van der Waals surface area contributed by atoms with E-state index in [1.165, 1.54) is 0 Å². The zero-order valence-corrected chi connectivity index (χ0v) is 12.0. The molecule has 3 N–H and O–H groups in total. The van der Waals surface area contributed by atoms with Crippen molar-refractivity contribution < 1.29 is 0 Å². The number of aromatic nitrogens is 3. The lowest BCUT2D eigenvalue weighted by Crippen LogP contribution is -2.51. The minimum absolute atomic E-state index is 0.551. The standard InChI is InChI=1S/C13H21N7/c1-3-10-8-20(7-6-18(10)2)13-12-15-4-5-19(12)9-11(16-13)17-14/h4-5,9-10,17H,3,6-8,14H2,1-2H3. The van der Waals surface area contributed by atoms with Gasteiger partial charge in [-0.3, -0.25) is 4.90 Å². The summed E-state index contributed by atoms with van der Waals surface area (Å²) in [6, 6.07) is 0.551. The predicted octanol–water partition coefficient (Wildman–Crippen LogP) is 0.545. The van der Waals surface area contributed by atoms with Gasteiger partial charge in [0.05, 0.1) is 6.20 Å². The van der Waals surface area contributed by atoms with E-state index in [0.717, 1.165) is 37.5 Å². The SMILES string of the molecule is CCC1CN(c2nc(NN)cn3ccnc23)CCN1C. The van der Waals surface area contributed by atoms with Gasteiger partial charge in [-0.2, -0.15) is 0 Å². The Morgan fingerprint density at radius 1 is 1.45 bits per heavy atom. The van der Waals surface area contributed by atoms with Gasteiger partial charge in [0, 0.05) is 38.1 Å². The zero-order chi connectivity index (χ0) is 14.1. The van der Waals surface area contributed by atoms with Crippen LogP contribution in [0.25, 0.3) is 5.65 Å². The highest BCUT2D eigenvalue weighted by atomic mass is 15.3. The molecular formula is C13H21N7. The Labute approximate surface area is 118 Å². The number of rotatable bonds is 3. The van der Waals surface area contributed by atoms with Crippen LogP contribution in [0.5, 0.6) is 0 Å². The fourth-order valence-electron chi connectivity index (χ4n) is 2.78. The Kier molecular flexibility index (Phi) is 3.45. The topological polar surface area (TPSA) is 74.7 Å². The number of fused-ring (bicyclic) bond motifs is 1. The lowest BCUT2D eigenvalue weighted by atomic mass is 10.1. The van der Waals surface area contributed by atoms with Crippen molar-refractivity contribution in [2.24, 2.45) is 5.84 Å². The molecule has 2 aromatic heterocycles. The molecule has 1 aliphatic rings. The molecule has 108 valence electrons. The maximum atomic E-state index is 5.51. The first kappa shape index (κ1) is 13.1. The monoisotopic (exact) mass is 275 g/mol. The number of anilines is 2. The number of hydrogen-bond donors (Lipinski definition) is 2. The van der Waals surface area contributed by atoms with E-state index >= 15 is 0 Å². The first-order valence-corrected chi connectivity index (χ1v) is 6.98. The second-order valence-electron chi connectivity index (χ2n) is 5.24. The van der Waals surface area contributed by atoms with Gasteiger partial charge in [0.25, 0.3) is 0 Å². The van der Waals surface area contributed by atoms with Crippen LogP contribution >= 0.6 is 0 Å². The molecule has 1 fully saturated rings. The normalized spacial score (nSPS) is 20.6. The van der Waals surface area contributed by atoms with Crippen LogP contribution in [-0.2, 0) is 0 Å². The molecule has 1 aliphatic heterocycles. The number of nitrogens with zero attached hydrogens (tertiary/aromatic N) is 5. The molecular weight excluding hydrogens is 254 g/mol. The molecule has 3 rings (SSSR count). The molecule has 0 amide bonds. The van der Waals surface area contributed by atoms with Crippen LogP contribution in [0.2, 0.25) is 0 Å². The smallest absolute Gasteiger partial charge is 0.180 e. The van der Waals surface area contributed by atoms with Gasteiger partial charge in [0.2, 0.25) is 0 Å². The summed E-state index contributed by atoms with van der Waals surface area (Å²) in [5.41, 5.74) is 3.50. The zero-order valence-electron chi connectivity index (χ0n) is 12.0. The van der Waals surface area contributed by atoms with Gasteiger partial charge in [-0.1, -0.05) is 6.92 Å². The molecule has 0 bridgehead atoms. The number of hydrogen-bond acceptors (Lipinski definition) is 6. The van der Waals surface area contributed by atoms with Crippen LogP contribution in [0.3, 0.4) is 0 Å². The molecule has 0 aliphatic carbocycles. The van der Waals surface area contributed by atoms with Crippen molar-refractivity contribution in [2.45, 2.75) is 19.4 Å². The van der Waals surface area contributed by atoms with Gasteiger partial charge in [0.1, 0.15) is 0 Å². The average Bonchev–Trinajstić information content (AvgIpc) is 2.95. The Balaban J connectivity index is 1.98. The average molecular weight is 275 g/mol. The lowest BCUT2D eigenvalue weighted by molar-refractivity contribution is 0.213. The van der Waals surface area contributed by atoms with E-state index in [0.29, 0.717) is 11.9 Å². The number of hydrazine groups is 1. The highest BCUT2D eigenvalue weighted by Gasteiger charge is 2.25. The molecule has 20 heavy (non-hydrogen) atoms. The summed E-state index contributed by atoms with van der Waals surface area (Å²) in [5.74, 6) is 7.06. The Bertz CT molecular complexity index is 593. The molecule has 1 unspecified atom stereocenters. The Morgan fingerprint density at radius 3 is 3.05 bits per heavy atom. The van der Waals surface area contributed by atoms with E-state index < -0.39 is 0 Å². The quantitative estimate of drug-likeness (QED) is 0.629. The fourth-order valence-corrected chi connectivity index (χ4v) is 2.78. The van der Waals surface area contributed by atoms with Crippen molar-refractivity contribution >= 4 is 17.3 Å². The lowest BCUT2D eigenvalue weighted by Gasteiger charge is -2.39. The van der Waals surface area contributed by atoms with Crippen LogP contribution in [0.1, 0.15) is 13.3 Å². The van der Waals surface area contributed by atoms with E-state index in [4.69, 9.17) is 5.84 Å². The molecule has 2 aromatic rings. The number of nitrogens with one attached hydrogen (secondary N) is 1. The number of piperazine rings is 1. The summed E-state index contributed by atoms with van der Waals surface area (Å²) >= 11 is 0. The van der Waals surface area contributed by atoms with E-state index in [1.807, 2.05) is 16.8 Å². The fraction of sp³-hybridized carbons (Fsp3) is 0.538.